The topological polar surface area (TPSA) is 80.3 Å². The van der Waals surface area contributed by atoms with E-state index >= 15 is 0 Å². The zero-order valence-corrected chi connectivity index (χ0v) is 14.2. The van der Waals surface area contributed by atoms with E-state index in [0.29, 0.717) is 19.8 Å². The average Bonchev–Trinajstić information content (AvgIpc) is 2.39. The molecule has 0 radical (unpaired) electrons. The van der Waals surface area contributed by atoms with Crippen molar-refractivity contribution in [3.8, 4) is 0 Å². The number of hydrogen-bond acceptors (Lipinski definition) is 7. The van der Waals surface area contributed by atoms with E-state index in [4.69, 9.17) is 23.7 Å². The second kappa shape index (κ2) is 11.4. The highest BCUT2D eigenvalue weighted by Crippen LogP contribution is 2.06. The number of esters is 2. The predicted molar refractivity (Wildman–Crippen MR) is 79.5 cm³/mol. The van der Waals surface area contributed by atoms with Gasteiger partial charge in [-0.1, -0.05) is 0 Å². The van der Waals surface area contributed by atoms with Gasteiger partial charge in [-0.3, -0.25) is 0 Å². The van der Waals surface area contributed by atoms with E-state index in [0.717, 1.165) is 0 Å². The van der Waals surface area contributed by atoms with Crippen LogP contribution in [-0.4, -0.2) is 63.3 Å². The maximum atomic E-state index is 11.3. The first kappa shape index (κ1) is 20.8. The average molecular weight is 320 g/mol. The molecule has 0 saturated heterocycles. The second-order valence-corrected chi connectivity index (χ2v) is 5.52. The van der Waals surface area contributed by atoms with Crippen molar-refractivity contribution in [3.63, 3.8) is 0 Å². The number of carbonyl (C=O) groups excluding carboxylic acids is 2. The van der Waals surface area contributed by atoms with Gasteiger partial charge in [0.15, 0.2) is 6.10 Å². The van der Waals surface area contributed by atoms with Gasteiger partial charge in [-0.2, -0.15) is 0 Å². The maximum Gasteiger partial charge on any atom is 0.334 e. The third-order valence-corrected chi connectivity index (χ3v) is 2.23. The molecule has 0 aromatic heterocycles. The van der Waals surface area contributed by atoms with Gasteiger partial charge < -0.3 is 23.7 Å². The lowest BCUT2D eigenvalue weighted by molar-refractivity contribution is -0.160. The molecule has 1 atom stereocenters. The molecule has 0 aromatic carbocycles. The normalized spacial score (nSPS) is 12.8. The molecule has 0 amide bonds. The van der Waals surface area contributed by atoms with E-state index in [1.54, 1.807) is 34.6 Å². The third kappa shape index (κ3) is 12.6. The number of rotatable bonds is 11. The van der Waals surface area contributed by atoms with Crippen LogP contribution in [0.25, 0.3) is 0 Å². The lowest BCUT2D eigenvalue weighted by atomic mass is 10.2. The van der Waals surface area contributed by atoms with Crippen LogP contribution in [0.5, 0.6) is 0 Å². The molecule has 0 aromatic rings. The van der Waals surface area contributed by atoms with Crippen LogP contribution < -0.4 is 0 Å². The second-order valence-electron chi connectivity index (χ2n) is 5.52. The molecule has 0 N–H and O–H groups in total. The Kier molecular flexibility index (Phi) is 10.8. The van der Waals surface area contributed by atoms with Gasteiger partial charge in [-0.05, 0) is 34.6 Å². The van der Waals surface area contributed by atoms with Gasteiger partial charge in [-0.15, -0.1) is 0 Å². The monoisotopic (exact) mass is 320 g/mol. The van der Waals surface area contributed by atoms with Crippen LogP contribution >= 0.6 is 0 Å². The quantitative estimate of drug-likeness (QED) is 0.419. The molecular weight excluding hydrogens is 292 g/mol. The molecule has 22 heavy (non-hydrogen) atoms. The van der Waals surface area contributed by atoms with E-state index < -0.39 is 17.7 Å². The van der Waals surface area contributed by atoms with Gasteiger partial charge in [0.1, 0.15) is 12.2 Å². The summed E-state index contributed by atoms with van der Waals surface area (Å²) in [4.78, 5) is 22.6. The Hall–Kier alpha value is -1.18. The van der Waals surface area contributed by atoms with E-state index in [-0.39, 0.29) is 25.8 Å². The molecule has 0 aliphatic rings. The standard InChI is InChI=1S/C15H28O7/c1-6-20-14(17)12(2)21-10-9-18-7-8-19-11-13(16)22-15(3,4)5/h12H,6-11H2,1-5H3/t12-/m0/s1. The summed E-state index contributed by atoms with van der Waals surface area (Å²) < 4.78 is 25.5. The highest BCUT2D eigenvalue weighted by atomic mass is 16.6. The lowest BCUT2D eigenvalue weighted by Crippen LogP contribution is -2.27. The van der Waals surface area contributed by atoms with Crippen molar-refractivity contribution in [2.24, 2.45) is 0 Å². The van der Waals surface area contributed by atoms with Crippen molar-refractivity contribution >= 4 is 11.9 Å². The first-order valence-electron chi connectivity index (χ1n) is 7.42. The van der Waals surface area contributed by atoms with Crippen LogP contribution in [0.15, 0.2) is 0 Å². The van der Waals surface area contributed by atoms with Crippen LogP contribution in [0.3, 0.4) is 0 Å². The van der Waals surface area contributed by atoms with Crippen molar-refractivity contribution in [2.45, 2.75) is 46.3 Å². The fraction of sp³-hybridized carbons (Fsp3) is 0.867. The maximum absolute atomic E-state index is 11.3. The summed E-state index contributed by atoms with van der Waals surface area (Å²) in [7, 11) is 0. The van der Waals surface area contributed by atoms with Crippen LogP contribution in [0, 0.1) is 0 Å². The molecular formula is C15H28O7. The molecule has 0 rings (SSSR count). The van der Waals surface area contributed by atoms with Crippen molar-refractivity contribution in [3.05, 3.63) is 0 Å². The molecule has 0 unspecified atom stereocenters. The molecule has 0 aliphatic carbocycles. The summed E-state index contributed by atoms with van der Waals surface area (Å²) in [5, 5.41) is 0. The molecule has 7 nitrogen and oxygen atoms in total. The predicted octanol–water partition coefficient (Wildman–Crippen LogP) is 1.33. The Morgan fingerprint density at radius 1 is 1.00 bits per heavy atom. The molecule has 7 heteroatoms. The van der Waals surface area contributed by atoms with Crippen LogP contribution in [0.2, 0.25) is 0 Å². The van der Waals surface area contributed by atoms with Gasteiger partial charge in [0.05, 0.1) is 33.0 Å². The Morgan fingerprint density at radius 3 is 2.18 bits per heavy atom. The van der Waals surface area contributed by atoms with Crippen LogP contribution in [-0.2, 0) is 33.3 Å². The van der Waals surface area contributed by atoms with Gasteiger partial charge in [0, 0.05) is 0 Å². The molecule has 0 fully saturated rings. The van der Waals surface area contributed by atoms with Gasteiger partial charge in [0.25, 0.3) is 0 Å². The van der Waals surface area contributed by atoms with Crippen LogP contribution in [0.4, 0.5) is 0 Å². The summed E-state index contributed by atoms with van der Waals surface area (Å²) in [6.07, 6.45) is -0.605. The first-order chi connectivity index (χ1) is 10.3. The van der Waals surface area contributed by atoms with E-state index in [9.17, 15) is 9.59 Å². The molecule has 0 spiro atoms. The highest BCUT2D eigenvalue weighted by Gasteiger charge is 2.16. The van der Waals surface area contributed by atoms with Gasteiger partial charge >= 0.3 is 11.9 Å². The van der Waals surface area contributed by atoms with Crippen molar-refractivity contribution in [2.75, 3.05) is 39.6 Å². The number of hydrogen-bond donors (Lipinski definition) is 0. The highest BCUT2D eigenvalue weighted by molar-refractivity contribution is 5.74. The number of carbonyl (C=O) groups is 2. The molecule has 130 valence electrons. The molecule has 0 aliphatic heterocycles. The summed E-state index contributed by atoms with van der Waals surface area (Å²) in [6, 6.07) is 0. The minimum Gasteiger partial charge on any atom is -0.464 e. The fourth-order valence-corrected chi connectivity index (χ4v) is 1.36. The Morgan fingerprint density at radius 2 is 1.59 bits per heavy atom. The van der Waals surface area contributed by atoms with Crippen LogP contribution in [0.1, 0.15) is 34.6 Å². The summed E-state index contributed by atoms with van der Waals surface area (Å²) in [5.74, 6) is -0.790. The van der Waals surface area contributed by atoms with E-state index in [2.05, 4.69) is 0 Å². The molecule has 0 saturated carbocycles. The zero-order chi connectivity index (χ0) is 17.0. The molecule has 0 bridgehead atoms. The SMILES string of the molecule is CCOC(=O)[C@H](C)OCCOCCOCC(=O)OC(C)(C)C. The Labute approximate surface area is 132 Å². The lowest BCUT2D eigenvalue weighted by Gasteiger charge is -2.19. The summed E-state index contributed by atoms with van der Waals surface area (Å²) >= 11 is 0. The number of ether oxygens (including phenoxy) is 5. The third-order valence-electron chi connectivity index (χ3n) is 2.23. The first-order valence-corrected chi connectivity index (χ1v) is 7.42. The van der Waals surface area contributed by atoms with Crippen molar-refractivity contribution in [1.82, 2.24) is 0 Å². The van der Waals surface area contributed by atoms with Crippen molar-refractivity contribution < 1.29 is 33.3 Å². The Balaban J connectivity index is 3.44. The fourth-order valence-electron chi connectivity index (χ4n) is 1.36. The molecule has 0 heterocycles. The minimum absolute atomic E-state index is 0.100. The minimum atomic E-state index is -0.605. The summed E-state index contributed by atoms with van der Waals surface area (Å²) in [5.41, 5.74) is -0.510. The van der Waals surface area contributed by atoms with E-state index in [1.165, 1.54) is 0 Å². The summed E-state index contributed by atoms with van der Waals surface area (Å²) in [6.45, 7) is 10.2. The van der Waals surface area contributed by atoms with Crippen molar-refractivity contribution in [1.29, 1.82) is 0 Å². The smallest absolute Gasteiger partial charge is 0.334 e. The largest absolute Gasteiger partial charge is 0.464 e. The zero-order valence-electron chi connectivity index (χ0n) is 14.2. The Bertz CT molecular complexity index is 322. The van der Waals surface area contributed by atoms with E-state index in [1.807, 2.05) is 0 Å². The van der Waals surface area contributed by atoms with Gasteiger partial charge in [0.2, 0.25) is 0 Å². The van der Waals surface area contributed by atoms with Gasteiger partial charge in [-0.25, -0.2) is 9.59 Å².